The monoisotopic (exact) mass is 312 g/mol. The minimum Gasteiger partial charge on any atom is -0.369 e. The largest absolute Gasteiger partial charge is 0.369 e. The highest BCUT2D eigenvalue weighted by molar-refractivity contribution is 8.00. The number of piperidine rings is 1. The van der Waals surface area contributed by atoms with E-state index in [2.05, 4.69) is 0 Å². The van der Waals surface area contributed by atoms with Gasteiger partial charge in [0.2, 0.25) is 11.8 Å². The Morgan fingerprint density at radius 1 is 1.30 bits per heavy atom. The van der Waals surface area contributed by atoms with Crippen molar-refractivity contribution in [3.63, 3.8) is 0 Å². The molecule has 6 heteroatoms. The zero-order chi connectivity index (χ0) is 14.5. The molecule has 108 valence electrons. The summed E-state index contributed by atoms with van der Waals surface area (Å²) in [5.41, 5.74) is 5.28. The van der Waals surface area contributed by atoms with E-state index in [0.29, 0.717) is 36.7 Å². The molecule has 1 aromatic rings. The average Bonchev–Trinajstić information content (AvgIpc) is 2.46. The van der Waals surface area contributed by atoms with Crippen LogP contribution in [0.4, 0.5) is 0 Å². The van der Waals surface area contributed by atoms with Crippen molar-refractivity contribution in [3.05, 3.63) is 29.3 Å². The molecule has 1 saturated heterocycles. The molecule has 1 aromatic carbocycles. The fraction of sp³-hybridized carbons (Fsp3) is 0.429. The molecule has 1 aliphatic heterocycles. The SMILES string of the molecule is NC(=O)C1CCN(C(=O)CSc2ccccc2Cl)CC1. The smallest absolute Gasteiger partial charge is 0.232 e. The summed E-state index contributed by atoms with van der Waals surface area (Å²) in [7, 11) is 0. The maximum Gasteiger partial charge on any atom is 0.232 e. The van der Waals surface area contributed by atoms with Crippen molar-refractivity contribution in [2.24, 2.45) is 11.7 Å². The molecule has 0 unspecified atom stereocenters. The third kappa shape index (κ3) is 3.90. The number of nitrogens with zero attached hydrogens (tertiary/aromatic N) is 1. The molecule has 1 heterocycles. The zero-order valence-corrected chi connectivity index (χ0v) is 12.6. The van der Waals surface area contributed by atoms with Crippen LogP contribution in [0.25, 0.3) is 0 Å². The van der Waals surface area contributed by atoms with Crippen LogP contribution in [0.5, 0.6) is 0 Å². The van der Waals surface area contributed by atoms with Crippen molar-refractivity contribution in [3.8, 4) is 0 Å². The van der Waals surface area contributed by atoms with Gasteiger partial charge in [0.05, 0.1) is 10.8 Å². The minimum absolute atomic E-state index is 0.0813. The van der Waals surface area contributed by atoms with Gasteiger partial charge in [-0.25, -0.2) is 0 Å². The summed E-state index contributed by atoms with van der Waals surface area (Å²) in [5.74, 6) is 0.0981. The van der Waals surface area contributed by atoms with Gasteiger partial charge in [-0.05, 0) is 25.0 Å². The quantitative estimate of drug-likeness (QED) is 0.867. The number of rotatable bonds is 4. The zero-order valence-electron chi connectivity index (χ0n) is 11.0. The lowest BCUT2D eigenvalue weighted by molar-refractivity contribution is -0.132. The van der Waals surface area contributed by atoms with Gasteiger partial charge in [0.25, 0.3) is 0 Å². The van der Waals surface area contributed by atoms with Crippen LogP contribution in [0.15, 0.2) is 29.2 Å². The lowest BCUT2D eigenvalue weighted by atomic mass is 9.96. The van der Waals surface area contributed by atoms with Crippen LogP contribution in [0.3, 0.4) is 0 Å². The lowest BCUT2D eigenvalue weighted by Crippen LogP contribution is -2.42. The van der Waals surface area contributed by atoms with Crippen LogP contribution >= 0.6 is 23.4 Å². The number of amides is 2. The minimum atomic E-state index is -0.262. The highest BCUT2D eigenvalue weighted by Crippen LogP contribution is 2.27. The van der Waals surface area contributed by atoms with Crippen LogP contribution < -0.4 is 5.73 Å². The molecule has 4 nitrogen and oxygen atoms in total. The van der Waals surface area contributed by atoms with E-state index in [1.165, 1.54) is 11.8 Å². The van der Waals surface area contributed by atoms with E-state index in [-0.39, 0.29) is 17.7 Å². The van der Waals surface area contributed by atoms with E-state index in [4.69, 9.17) is 17.3 Å². The Labute approximate surface area is 127 Å². The van der Waals surface area contributed by atoms with Crippen molar-refractivity contribution in [2.45, 2.75) is 17.7 Å². The van der Waals surface area contributed by atoms with Crippen LogP contribution in [-0.4, -0.2) is 35.6 Å². The van der Waals surface area contributed by atoms with Crippen molar-refractivity contribution >= 4 is 35.2 Å². The molecule has 2 rings (SSSR count). The van der Waals surface area contributed by atoms with E-state index in [0.717, 1.165) is 4.90 Å². The summed E-state index contributed by atoms with van der Waals surface area (Å²) in [5, 5.41) is 0.665. The summed E-state index contributed by atoms with van der Waals surface area (Å²) < 4.78 is 0. The maximum atomic E-state index is 12.1. The standard InChI is InChI=1S/C14H17ClN2O2S/c15-11-3-1-2-4-12(11)20-9-13(18)17-7-5-10(6-8-17)14(16)19/h1-4,10H,5-9H2,(H2,16,19). The molecule has 0 atom stereocenters. The second-order valence-corrected chi connectivity index (χ2v) is 6.20. The van der Waals surface area contributed by atoms with E-state index in [1.807, 2.05) is 24.3 Å². The lowest BCUT2D eigenvalue weighted by Gasteiger charge is -2.30. The fourth-order valence-corrected chi connectivity index (χ4v) is 3.35. The van der Waals surface area contributed by atoms with Gasteiger partial charge in [0.15, 0.2) is 0 Å². The summed E-state index contributed by atoms with van der Waals surface area (Å²) >= 11 is 7.49. The molecular formula is C14H17ClN2O2S. The number of hydrogen-bond donors (Lipinski definition) is 1. The number of likely N-dealkylation sites (tertiary alicyclic amines) is 1. The third-order valence-corrected chi connectivity index (χ3v) is 4.94. The van der Waals surface area contributed by atoms with Crippen LogP contribution in [-0.2, 0) is 9.59 Å². The van der Waals surface area contributed by atoms with E-state index in [9.17, 15) is 9.59 Å². The molecule has 0 bridgehead atoms. The van der Waals surface area contributed by atoms with Crippen LogP contribution in [0.2, 0.25) is 5.02 Å². The summed E-state index contributed by atoms with van der Waals surface area (Å²) in [4.78, 5) is 25.9. The number of thioether (sulfide) groups is 1. The molecule has 0 radical (unpaired) electrons. The molecule has 0 aliphatic carbocycles. The molecule has 0 aromatic heterocycles. The highest BCUT2D eigenvalue weighted by atomic mass is 35.5. The molecule has 1 aliphatic rings. The predicted octanol–water partition coefficient (Wildman–Crippen LogP) is 2.16. The number of halogens is 1. The van der Waals surface area contributed by atoms with Gasteiger partial charge in [-0.1, -0.05) is 23.7 Å². The van der Waals surface area contributed by atoms with Gasteiger partial charge in [-0.2, -0.15) is 0 Å². The first-order valence-corrected chi connectivity index (χ1v) is 7.88. The fourth-order valence-electron chi connectivity index (χ4n) is 2.21. The van der Waals surface area contributed by atoms with Crippen molar-refractivity contribution in [2.75, 3.05) is 18.8 Å². The van der Waals surface area contributed by atoms with Gasteiger partial charge in [-0.3, -0.25) is 9.59 Å². The van der Waals surface area contributed by atoms with E-state index < -0.39 is 0 Å². The van der Waals surface area contributed by atoms with Crippen molar-refractivity contribution in [1.82, 2.24) is 4.90 Å². The highest BCUT2D eigenvalue weighted by Gasteiger charge is 2.25. The Bertz CT molecular complexity index is 502. The number of nitrogens with two attached hydrogens (primary N) is 1. The first-order chi connectivity index (χ1) is 9.58. The number of carbonyl (C=O) groups is 2. The first-order valence-electron chi connectivity index (χ1n) is 6.52. The summed E-state index contributed by atoms with van der Waals surface area (Å²) in [6, 6.07) is 7.48. The van der Waals surface area contributed by atoms with Crippen LogP contribution in [0.1, 0.15) is 12.8 Å². The molecule has 2 N–H and O–H groups in total. The van der Waals surface area contributed by atoms with Crippen molar-refractivity contribution in [1.29, 1.82) is 0 Å². The van der Waals surface area contributed by atoms with Crippen LogP contribution in [0, 0.1) is 5.92 Å². The molecule has 20 heavy (non-hydrogen) atoms. The second kappa shape index (κ2) is 6.99. The number of carbonyl (C=O) groups excluding carboxylic acids is 2. The van der Waals surface area contributed by atoms with Gasteiger partial charge in [0, 0.05) is 23.9 Å². The Morgan fingerprint density at radius 3 is 2.55 bits per heavy atom. The topological polar surface area (TPSA) is 63.4 Å². The Hall–Kier alpha value is -1.20. The molecule has 1 fully saturated rings. The second-order valence-electron chi connectivity index (χ2n) is 4.78. The van der Waals surface area contributed by atoms with E-state index in [1.54, 1.807) is 4.90 Å². The van der Waals surface area contributed by atoms with Gasteiger partial charge >= 0.3 is 0 Å². The van der Waals surface area contributed by atoms with Gasteiger partial charge < -0.3 is 10.6 Å². The Kier molecular flexibility index (Phi) is 5.31. The summed E-state index contributed by atoms with van der Waals surface area (Å²) in [6.45, 7) is 1.21. The molecule has 2 amide bonds. The normalized spacial score (nSPS) is 16.1. The third-order valence-electron chi connectivity index (χ3n) is 3.44. The van der Waals surface area contributed by atoms with Gasteiger partial charge in [-0.15, -0.1) is 11.8 Å². The predicted molar refractivity (Wildman–Crippen MR) is 80.7 cm³/mol. The number of benzene rings is 1. The Balaban J connectivity index is 1.82. The van der Waals surface area contributed by atoms with Crippen molar-refractivity contribution < 1.29 is 9.59 Å². The Morgan fingerprint density at radius 2 is 1.95 bits per heavy atom. The maximum absolute atomic E-state index is 12.1. The first kappa shape index (κ1) is 15.2. The van der Waals surface area contributed by atoms with E-state index >= 15 is 0 Å². The summed E-state index contributed by atoms with van der Waals surface area (Å²) in [6.07, 6.45) is 1.33. The molecule has 0 spiro atoms. The molecular weight excluding hydrogens is 296 g/mol. The molecule has 0 saturated carbocycles. The average molecular weight is 313 g/mol. The number of primary amides is 1. The van der Waals surface area contributed by atoms with Gasteiger partial charge in [0.1, 0.15) is 0 Å². The number of hydrogen-bond acceptors (Lipinski definition) is 3.